The van der Waals surface area contributed by atoms with Crippen molar-refractivity contribution in [1.82, 2.24) is 20.0 Å². The van der Waals surface area contributed by atoms with E-state index in [1.165, 1.54) is 0 Å². The Morgan fingerprint density at radius 2 is 2.36 bits per heavy atom. The Kier molecular flexibility index (Phi) is 3.78. The second-order valence-corrected chi connectivity index (χ2v) is 5.30. The third-order valence-electron chi connectivity index (χ3n) is 3.56. The Hall–Kier alpha value is -2.83. The molecule has 1 atom stereocenters. The molecule has 0 radical (unpaired) electrons. The molecular weight excluding hydrogens is 280 g/mol. The quantitative estimate of drug-likeness (QED) is 0.645. The number of fused-ring (bicyclic) bond motifs is 1. The molecule has 1 amide bonds. The standard InChI is InChI=1S/C15H18N6O/c1-10(5-8-21-7-2-6-17-21)18-11-3-4-13-12(9-11)14(15(16)22)20-19-13/h2-4,6-7,9-10,18H,5,8H2,1H3,(H2,16,22)(H,19,20). The minimum absolute atomic E-state index is 0.267. The molecule has 3 aromatic rings. The second kappa shape index (κ2) is 5.88. The maximum Gasteiger partial charge on any atom is 0.269 e. The van der Waals surface area contributed by atoms with Crippen LogP contribution in [0.15, 0.2) is 36.7 Å². The Morgan fingerprint density at radius 1 is 1.50 bits per heavy atom. The number of nitrogens with two attached hydrogens (primary N) is 1. The molecule has 0 bridgehead atoms. The number of aryl methyl sites for hydroxylation is 1. The summed E-state index contributed by atoms with van der Waals surface area (Å²) in [7, 11) is 0. The number of hydrogen-bond acceptors (Lipinski definition) is 4. The fraction of sp³-hybridized carbons (Fsp3) is 0.267. The molecule has 0 aliphatic heterocycles. The lowest BCUT2D eigenvalue weighted by Gasteiger charge is -2.15. The molecule has 2 aromatic heterocycles. The number of carbonyl (C=O) groups excluding carboxylic acids is 1. The first-order chi connectivity index (χ1) is 10.6. The predicted molar refractivity (Wildman–Crippen MR) is 84.5 cm³/mol. The normalized spacial score (nSPS) is 12.4. The van der Waals surface area contributed by atoms with Gasteiger partial charge in [0.15, 0.2) is 5.69 Å². The smallest absolute Gasteiger partial charge is 0.269 e. The maximum atomic E-state index is 11.4. The van der Waals surface area contributed by atoms with Crippen molar-refractivity contribution in [3.63, 3.8) is 0 Å². The topological polar surface area (TPSA) is 102 Å². The Morgan fingerprint density at radius 3 is 3.09 bits per heavy atom. The Bertz CT molecular complexity index is 777. The molecular formula is C15H18N6O. The number of aromatic amines is 1. The van der Waals surface area contributed by atoms with Crippen LogP contribution in [-0.4, -0.2) is 31.9 Å². The van der Waals surface area contributed by atoms with E-state index >= 15 is 0 Å². The van der Waals surface area contributed by atoms with Crippen molar-refractivity contribution >= 4 is 22.5 Å². The lowest BCUT2D eigenvalue weighted by Crippen LogP contribution is -2.18. The third-order valence-corrected chi connectivity index (χ3v) is 3.56. The van der Waals surface area contributed by atoms with Gasteiger partial charge in [0.25, 0.3) is 5.91 Å². The molecule has 3 rings (SSSR count). The van der Waals surface area contributed by atoms with E-state index < -0.39 is 5.91 Å². The molecule has 0 saturated carbocycles. The summed E-state index contributed by atoms with van der Waals surface area (Å²) < 4.78 is 1.91. The van der Waals surface area contributed by atoms with Crippen molar-refractivity contribution in [3.8, 4) is 0 Å². The van der Waals surface area contributed by atoms with E-state index in [4.69, 9.17) is 5.73 Å². The van der Waals surface area contributed by atoms with Gasteiger partial charge >= 0.3 is 0 Å². The van der Waals surface area contributed by atoms with Crippen LogP contribution >= 0.6 is 0 Å². The summed E-state index contributed by atoms with van der Waals surface area (Å²) in [4.78, 5) is 11.4. The molecule has 0 fully saturated rings. The zero-order chi connectivity index (χ0) is 15.5. The van der Waals surface area contributed by atoms with E-state index in [0.717, 1.165) is 29.6 Å². The van der Waals surface area contributed by atoms with Crippen molar-refractivity contribution in [2.24, 2.45) is 5.73 Å². The summed E-state index contributed by atoms with van der Waals surface area (Å²) in [5.41, 5.74) is 7.32. The first kappa shape index (κ1) is 14.1. The molecule has 0 spiro atoms. The van der Waals surface area contributed by atoms with Crippen LogP contribution < -0.4 is 11.1 Å². The lowest BCUT2D eigenvalue weighted by atomic mass is 10.1. The van der Waals surface area contributed by atoms with Crippen LogP contribution in [-0.2, 0) is 6.54 Å². The van der Waals surface area contributed by atoms with Crippen LogP contribution in [0.3, 0.4) is 0 Å². The van der Waals surface area contributed by atoms with E-state index in [1.807, 2.05) is 35.1 Å². The van der Waals surface area contributed by atoms with E-state index in [-0.39, 0.29) is 11.7 Å². The SMILES string of the molecule is CC(CCn1cccn1)Nc1ccc2[nH]nc(C(N)=O)c2c1. The zero-order valence-electron chi connectivity index (χ0n) is 12.3. The van der Waals surface area contributed by atoms with Gasteiger partial charge in [-0.3, -0.25) is 14.6 Å². The number of anilines is 1. The second-order valence-electron chi connectivity index (χ2n) is 5.30. The highest BCUT2D eigenvalue weighted by Gasteiger charge is 2.12. The number of carbonyl (C=O) groups is 1. The van der Waals surface area contributed by atoms with Gasteiger partial charge in [-0.25, -0.2) is 0 Å². The van der Waals surface area contributed by atoms with Crippen LogP contribution in [0.25, 0.3) is 10.9 Å². The largest absolute Gasteiger partial charge is 0.383 e. The molecule has 0 aliphatic carbocycles. The highest BCUT2D eigenvalue weighted by atomic mass is 16.1. The van der Waals surface area contributed by atoms with Crippen molar-refractivity contribution in [2.45, 2.75) is 25.9 Å². The van der Waals surface area contributed by atoms with Gasteiger partial charge in [-0.15, -0.1) is 0 Å². The fourth-order valence-electron chi connectivity index (χ4n) is 2.41. The number of nitrogens with zero attached hydrogens (tertiary/aromatic N) is 3. The molecule has 2 heterocycles. The number of benzene rings is 1. The van der Waals surface area contributed by atoms with Crippen molar-refractivity contribution < 1.29 is 4.79 Å². The fourth-order valence-corrected chi connectivity index (χ4v) is 2.41. The molecule has 7 heteroatoms. The van der Waals surface area contributed by atoms with Gasteiger partial charge in [-0.2, -0.15) is 10.2 Å². The van der Waals surface area contributed by atoms with Crippen LogP contribution in [0.2, 0.25) is 0 Å². The number of hydrogen-bond donors (Lipinski definition) is 3. The number of H-pyrrole nitrogens is 1. The minimum Gasteiger partial charge on any atom is -0.383 e. The Labute approximate surface area is 127 Å². The number of nitrogens with one attached hydrogen (secondary N) is 2. The van der Waals surface area contributed by atoms with Gasteiger partial charge in [0.2, 0.25) is 0 Å². The van der Waals surface area contributed by atoms with E-state index in [1.54, 1.807) is 6.20 Å². The lowest BCUT2D eigenvalue weighted by molar-refractivity contribution is 0.0997. The van der Waals surface area contributed by atoms with Crippen molar-refractivity contribution in [3.05, 3.63) is 42.4 Å². The molecule has 1 unspecified atom stereocenters. The predicted octanol–water partition coefficient (Wildman–Crippen LogP) is 1.75. The average Bonchev–Trinajstić information content (AvgIpc) is 3.14. The van der Waals surface area contributed by atoms with Gasteiger partial charge in [0.1, 0.15) is 0 Å². The van der Waals surface area contributed by atoms with E-state index in [9.17, 15) is 4.79 Å². The summed E-state index contributed by atoms with van der Waals surface area (Å²) >= 11 is 0. The third kappa shape index (κ3) is 2.93. The van der Waals surface area contributed by atoms with Gasteiger partial charge in [0, 0.05) is 36.1 Å². The summed E-state index contributed by atoms with van der Waals surface area (Å²) in [6, 6.07) is 7.91. The van der Waals surface area contributed by atoms with E-state index in [2.05, 4.69) is 27.5 Å². The van der Waals surface area contributed by atoms with Gasteiger partial charge in [-0.1, -0.05) is 0 Å². The monoisotopic (exact) mass is 298 g/mol. The number of rotatable bonds is 6. The number of aromatic nitrogens is 4. The number of amides is 1. The molecule has 0 saturated heterocycles. The first-order valence-electron chi connectivity index (χ1n) is 7.15. The summed E-state index contributed by atoms with van der Waals surface area (Å²) in [6.45, 7) is 2.96. The highest BCUT2D eigenvalue weighted by molar-refractivity contribution is 6.04. The molecule has 22 heavy (non-hydrogen) atoms. The highest BCUT2D eigenvalue weighted by Crippen LogP contribution is 2.21. The summed E-state index contributed by atoms with van der Waals surface area (Å²) in [6.07, 6.45) is 4.66. The van der Waals surface area contributed by atoms with Gasteiger partial charge < -0.3 is 11.1 Å². The van der Waals surface area contributed by atoms with Crippen molar-refractivity contribution in [2.75, 3.05) is 5.32 Å². The van der Waals surface area contributed by atoms with Crippen LogP contribution in [0.5, 0.6) is 0 Å². The average molecular weight is 298 g/mol. The molecule has 114 valence electrons. The zero-order valence-corrected chi connectivity index (χ0v) is 12.3. The number of primary amides is 1. The molecule has 0 aliphatic rings. The Balaban J connectivity index is 1.70. The molecule has 1 aromatic carbocycles. The van der Waals surface area contributed by atoms with Crippen molar-refractivity contribution in [1.29, 1.82) is 0 Å². The summed E-state index contributed by atoms with van der Waals surface area (Å²) in [5.74, 6) is -0.532. The summed E-state index contributed by atoms with van der Waals surface area (Å²) in [5, 5.41) is 15.1. The van der Waals surface area contributed by atoms with Gasteiger partial charge in [-0.05, 0) is 37.6 Å². The minimum atomic E-state index is -0.532. The first-order valence-corrected chi connectivity index (χ1v) is 7.15. The van der Waals surface area contributed by atoms with Gasteiger partial charge in [0.05, 0.1) is 5.52 Å². The van der Waals surface area contributed by atoms with Crippen LogP contribution in [0, 0.1) is 0 Å². The van der Waals surface area contributed by atoms with Crippen LogP contribution in [0.4, 0.5) is 5.69 Å². The molecule has 4 N–H and O–H groups in total. The molecule has 7 nitrogen and oxygen atoms in total. The van der Waals surface area contributed by atoms with Crippen LogP contribution in [0.1, 0.15) is 23.8 Å². The van der Waals surface area contributed by atoms with E-state index in [0.29, 0.717) is 0 Å². The maximum absolute atomic E-state index is 11.4.